The maximum Gasteiger partial charge on any atom is 0.261 e. The quantitative estimate of drug-likeness (QED) is 0.168. The lowest BCUT2D eigenvalue weighted by molar-refractivity contribution is -0.137. The lowest BCUT2D eigenvalue weighted by Crippen LogP contribution is -2.47. The second kappa shape index (κ2) is 13.2. The van der Waals surface area contributed by atoms with E-state index in [1.54, 1.807) is 60.8 Å². The van der Waals surface area contributed by atoms with Gasteiger partial charge in [0.05, 0.1) is 30.5 Å². The molecule has 0 bridgehead atoms. The first-order valence-electron chi connectivity index (χ1n) is 15.2. The Morgan fingerprint density at radius 1 is 1.00 bits per heavy atom. The van der Waals surface area contributed by atoms with Crippen molar-refractivity contribution in [1.82, 2.24) is 14.5 Å². The van der Waals surface area contributed by atoms with E-state index in [0.717, 1.165) is 12.0 Å². The van der Waals surface area contributed by atoms with Gasteiger partial charge in [-0.25, -0.2) is 4.98 Å². The van der Waals surface area contributed by atoms with Gasteiger partial charge in [-0.1, -0.05) is 6.07 Å². The number of aryl methyl sites for hydroxylation is 1. The molecule has 1 aliphatic rings. The van der Waals surface area contributed by atoms with Crippen molar-refractivity contribution in [3.63, 3.8) is 0 Å². The Balaban J connectivity index is 1.27. The molecule has 0 unspecified atom stereocenters. The standard InChI is InChI=1S/C34H41N5O6/c1-7-39-27-11-10-25(20-28(27)36(5)32(41)34(3,4)33(39)42)44-18-8-14-37(22-24-9-12-30(43-6)35-21-24)16-17-38-15-13-29-26(31(38)40)19-23(2)45-29/h9-13,15,19-21H,7-8,14,16-18,22H2,1-6H3. The van der Waals surface area contributed by atoms with Crippen LogP contribution in [0.5, 0.6) is 11.6 Å². The van der Waals surface area contributed by atoms with Gasteiger partial charge in [-0.15, -0.1) is 0 Å². The van der Waals surface area contributed by atoms with Gasteiger partial charge in [0.25, 0.3) is 5.56 Å². The summed E-state index contributed by atoms with van der Waals surface area (Å²) in [5.41, 5.74) is 1.72. The number of hydrogen-bond donors (Lipinski definition) is 0. The molecule has 3 aromatic heterocycles. The zero-order valence-corrected chi connectivity index (χ0v) is 26.8. The number of hydrogen-bond acceptors (Lipinski definition) is 8. The number of methoxy groups -OCH3 is 1. The average molecular weight is 616 g/mol. The molecule has 4 heterocycles. The van der Waals surface area contributed by atoms with Crippen molar-refractivity contribution in [2.75, 3.05) is 50.2 Å². The molecule has 2 amide bonds. The summed E-state index contributed by atoms with van der Waals surface area (Å²) in [4.78, 5) is 49.2. The highest BCUT2D eigenvalue weighted by Gasteiger charge is 2.45. The summed E-state index contributed by atoms with van der Waals surface area (Å²) in [7, 11) is 3.28. The number of carbonyl (C=O) groups is 2. The van der Waals surface area contributed by atoms with Crippen LogP contribution in [-0.2, 0) is 22.7 Å². The van der Waals surface area contributed by atoms with E-state index in [4.69, 9.17) is 13.9 Å². The average Bonchev–Trinajstić information content (AvgIpc) is 3.41. The molecule has 0 radical (unpaired) electrons. The van der Waals surface area contributed by atoms with Crippen LogP contribution in [0.1, 0.15) is 38.5 Å². The molecule has 0 atom stereocenters. The summed E-state index contributed by atoms with van der Waals surface area (Å²) in [5.74, 6) is 1.41. The van der Waals surface area contributed by atoms with Crippen molar-refractivity contribution in [2.24, 2.45) is 5.41 Å². The summed E-state index contributed by atoms with van der Waals surface area (Å²) in [6.45, 7) is 10.5. The number of fused-ring (bicyclic) bond motifs is 2. The van der Waals surface area contributed by atoms with Crippen LogP contribution in [0, 0.1) is 12.3 Å². The van der Waals surface area contributed by atoms with E-state index in [9.17, 15) is 14.4 Å². The first kappa shape index (κ1) is 31.8. The summed E-state index contributed by atoms with van der Waals surface area (Å²) in [6, 6.07) is 12.9. The minimum atomic E-state index is -1.16. The molecular formula is C34H41N5O6. The maximum absolute atomic E-state index is 13.2. The fraction of sp³-hybridized carbons (Fsp3) is 0.412. The molecule has 0 N–H and O–H groups in total. The zero-order chi connectivity index (χ0) is 32.3. The third kappa shape index (κ3) is 6.58. The Bertz CT molecular complexity index is 1740. The van der Waals surface area contributed by atoms with Crippen LogP contribution in [0.25, 0.3) is 11.0 Å². The van der Waals surface area contributed by atoms with Gasteiger partial charge in [0.2, 0.25) is 17.7 Å². The molecule has 1 aliphatic heterocycles. The minimum absolute atomic E-state index is 0.0721. The molecule has 4 aromatic rings. The second-order valence-electron chi connectivity index (χ2n) is 11.8. The number of benzene rings is 1. The molecule has 0 aliphatic carbocycles. The predicted octanol–water partition coefficient (Wildman–Crippen LogP) is 4.63. The molecule has 1 aromatic carbocycles. The van der Waals surface area contributed by atoms with E-state index in [2.05, 4.69) is 9.88 Å². The monoisotopic (exact) mass is 615 g/mol. The molecule has 0 saturated carbocycles. The number of aromatic nitrogens is 2. The van der Waals surface area contributed by atoms with Gasteiger partial charge >= 0.3 is 0 Å². The van der Waals surface area contributed by atoms with E-state index < -0.39 is 5.41 Å². The number of rotatable bonds is 12. The van der Waals surface area contributed by atoms with Crippen LogP contribution in [0.2, 0.25) is 0 Å². The summed E-state index contributed by atoms with van der Waals surface area (Å²) in [6.07, 6.45) is 4.29. The van der Waals surface area contributed by atoms with E-state index in [0.29, 0.717) is 79.1 Å². The fourth-order valence-electron chi connectivity index (χ4n) is 5.73. The van der Waals surface area contributed by atoms with E-state index >= 15 is 0 Å². The Kier molecular flexibility index (Phi) is 9.29. The van der Waals surface area contributed by atoms with Crippen LogP contribution in [-0.4, -0.2) is 66.7 Å². The summed E-state index contributed by atoms with van der Waals surface area (Å²) < 4.78 is 18.7. The highest BCUT2D eigenvalue weighted by Crippen LogP contribution is 2.40. The van der Waals surface area contributed by atoms with Gasteiger partial charge in [0, 0.05) is 64.3 Å². The molecule has 0 saturated heterocycles. The molecule has 0 spiro atoms. The van der Waals surface area contributed by atoms with Gasteiger partial charge in [-0.05, 0) is 63.9 Å². The number of anilines is 2. The Morgan fingerprint density at radius 2 is 1.80 bits per heavy atom. The number of furan rings is 1. The molecule has 0 fully saturated rings. The lowest BCUT2D eigenvalue weighted by atomic mass is 9.90. The van der Waals surface area contributed by atoms with E-state index in [-0.39, 0.29) is 17.4 Å². The van der Waals surface area contributed by atoms with Crippen LogP contribution >= 0.6 is 0 Å². The maximum atomic E-state index is 13.2. The molecule has 45 heavy (non-hydrogen) atoms. The van der Waals surface area contributed by atoms with Crippen LogP contribution < -0.4 is 24.8 Å². The number of ether oxygens (including phenoxy) is 2. The van der Waals surface area contributed by atoms with Gasteiger partial charge in [0.15, 0.2) is 0 Å². The Labute approximate surface area is 262 Å². The van der Waals surface area contributed by atoms with Gasteiger partial charge in [-0.2, -0.15) is 0 Å². The van der Waals surface area contributed by atoms with E-state index in [1.165, 1.54) is 0 Å². The summed E-state index contributed by atoms with van der Waals surface area (Å²) in [5, 5.41) is 0.581. The third-order valence-electron chi connectivity index (χ3n) is 8.27. The van der Waals surface area contributed by atoms with Crippen molar-refractivity contribution < 1.29 is 23.5 Å². The topological polar surface area (TPSA) is 110 Å². The fourth-order valence-corrected chi connectivity index (χ4v) is 5.73. The first-order chi connectivity index (χ1) is 21.5. The highest BCUT2D eigenvalue weighted by molar-refractivity contribution is 6.20. The van der Waals surface area contributed by atoms with Crippen LogP contribution in [0.15, 0.2) is 64.1 Å². The van der Waals surface area contributed by atoms with Crippen molar-refractivity contribution in [3.05, 3.63) is 76.5 Å². The second-order valence-corrected chi connectivity index (χ2v) is 11.8. The Hall–Kier alpha value is -4.64. The largest absolute Gasteiger partial charge is 0.493 e. The first-order valence-corrected chi connectivity index (χ1v) is 15.2. The van der Waals surface area contributed by atoms with E-state index in [1.807, 2.05) is 50.2 Å². The van der Waals surface area contributed by atoms with Crippen LogP contribution in [0.4, 0.5) is 11.4 Å². The van der Waals surface area contributed by atoms with Gasteiger partial charge in [-0.3, -0.25) is 19.3 Å². The SMILES string of the molecule is CCN1C(=O)C(C)(C)C(=O)N(C)c2cc(OCCCN(CCn3ccc4oc(C)cc4c3=O)Cc3ccc(OC)nc3)ccc21. The lowest BCUT2D eigenvalue weighted by Gasteiger charge is -2.27. The van der Waals surface area contributed by atoms with Gasteiger partial charge < -0.3 is 28.3 Å². The Morgan fingerprint density at radius 3 is 2.51 bits per heavy atom. The molecule has 238 valence electrons. The highest BCUT2D eigenvalue weighted by atomic mass is 16.5. The predicted molar refractivity (Wildman–Crippen MR) is 173 cm³/mol. The van der Waals surface area contributed by atoms with Crippen molar-refractivity contribution >= 4 is 34.2 Å². The van der Waals surface area contributed by atoms with Crippen molar-refractivity contribution in [3.8, 4) is 11.6 Å². The number of amides is 2. The minimum Gasteiger partial charge on any atom is -0.493 e. The normalized spacial score (nSPS) is 14.6. The van der Waals surface area contributed by atoms with Crippen molar-refractivity contribution in [1.29, 1.82) is 0 Å². The van der Waals surface area contributed by atoms with Gasteiger partial charge in [0.1, 0.15) is 22.5 Å². The molecule has 11 heteroatoms. The summed E-state index contributed by atoms with van der Waals surface area (Å²) >= 11 is 0. The molecule has 5 rings (SSSR count). The molecular weight excluding hydrogens is 574 g/mol. The van der Waals surface area contributed by atoms with Crippen LogP contribution in [0.3, 0.4) is 0 Å². The number of nitrogens with zero attached hydrogens (tertiary/aromatic N) is 5. The third-order valence-corrected chi connectivity index (χ3v) is 8.27. The van der Waals surface area contributed by atoms with Crippen molar-refractivity contribution in [2.45, 2.75) is 47.2 Å². The number of pyridine rings is 2. The smallest absolute Gasteiger partial charge is 0.261 e. The zero-order valence-electron chi connectivity index (χ0n) is 26.8. The molecule has 11 nitrogen and oxygen atoms in total. The number of carbonyl (C=O) groups excluding carboxylic acids is 2.